The highest BCUT2D eigenvalue weighted by Gasteiger charge is 2.18. The third-order valence-corrected chi connectivity index (χ3v) is 4.20. The van der Waals surface area contributed by atoms with Gasteiger partial charge in [-0.2, -0.15) is 0 Å². The lowest BCUT2D eigenvalue weighted by molar-refractivity contribution is 0.635. The van der Waals surface area contributed by atoms with Crippen molar-refractivity contribution in [1.82, 2.24) is 19.7 Å². The molecule has 0 aliphatic carbocycles. The Balaban J connectivity index is 2.16. The Morgan fingerprint density at radius 3 is 2.46 bits per heavy atom. The van der Waals surface area contributed by atoms with Gasteiger partial charge in [-0.25, -0.2) is 0 Å². The van der Waals surface area contributed by atoms with Gasteiger partial charge in [0.05, 0.1) is 5.69 Å². The molecular weight excluding hydrogens is 296 g/mol. The van der Waals surface area contributed by atoms with E-state index in [-0.39, 0.29) is 0 Å². The van der Waals surface area contributed by atoms with Crippen LogP contribution in [0.3, 0.4) is 0 Å². The Morgan fingerprint density at radius 1 is 0.917 bits per heavy atom. The summed E-state index contributed by atoms with van der Waals surface area (Å²) in [7, 11) is 0. The Labute approximate surface area is 143 Å². The number of aromatic nitrogens is 4. The van der Waals surface area contributed by atoms with Gasteiger partial charge in [-0.3, -0.25) is 4.98 Å². The molecule has 0 aliphatic rings. The van der Waals surface area contributed by atoms with Crippen molar-refractivity contribution in [2.45, 2.75) is 46.6 Å². The van der Waals surface area contributed by atoms with Gasteiger partial charge in [0.15, 0.2) is 5.82 Å². The Kier molecular flexibility index (Phi) is 5.04. The molecule has 3 aromatic rings. The summed E-state index contributed by atoms with van der Waals surface area (Å²) in [6.45, 7) is 7.41. The van der Waals surface area contributed by atoms with Crippen LogP contribution >= 0.6 is 0 Å². The zero-order valence-electron chi connectivity index (χ0n) is 14.7. The van der Waals surface area contributed by atoms with E-state index in [9.17, 15) is 0 Å². The molecule has 0 aliphatic heterocycles. The average molecular weight is 320 g/mol. The minimum atomic E-state index is 0.923. The van der Waals surface area contributed by atoms with Gasteiger partial charge in [0.1, 0.15) is 5.82 Å². The molecule has 2 aromatic heterocycles. The molecule has 4 heteroatoms. The van der Waals surface area contributed by atoms with Crippen LogP contribution in [0, 0.1) is 6.92 Å². The van der Waals surface area contributed by atoms with E-state index in [2.05, 4.69) is 70.9 Å². The first-order valence-corrected chi connectivity index (χ1v) is 8.69. The molecule has 2 heterocycles. The average Bonchev–Trinajstić information content (AvgIpc) is 2.99. The smallest absolute Gasteiger partial charge is 0.166 e. The minimum Gasteiger partial charge on any atom is -0.311 e. The topological polar surface area (TPSA) is 43.6 Å². The Hall–Kier alpha value is -2.49. The molecule has 0 saturated heterocycles. The van der Waals surface area contributed by atoms with Gasteiger partial charge in [-0.05, 0) is 37.5 Å². The molecular formula is C20H24N4. The van der Waals surface area contributed by atoms with E-state index in [4.69, 9.17) is 0 Å². The molecule has 0 spiro atoms. The zero-order valence-corrected chi connectivity index (χ0v) is 14.7. The summed E-state index contributed by atoms with van der Waals surface area (Å²) in [5.74, 6) is 1.99. The van der Waals surface area contributed by atoms with Gasteiger partial charge in [0, 0.05) is 30.3 Å². The molecule has 24 heavy (non-hydrogen) atoms. The first-order chi connectivity index (χ1) is 11.8. The second kappa shape index (κ2) is 7.39. The molecule has 3 rings (SSSR count). The van der Waals surface area contributed by atoms with E-state index < -0.39 is 0 Å². The van der Waals surface area contributed by atoms with Crippen molar-refractivity contribution in [1.29, 1.82) is 0 Å². The SMILES string of the molecule is CCCc1nnc(-c2cccnc2-c2ccccc2C)n1CCC. The molecule has 0 saturated carbocycles. The molecule has 124 valence electrons. The molecule has 0 fully saturated rings. The third kappa shape index (κ3) is 3.09. The number of pyridine rings is 1. The summed E-state index contributed by atoms with van der Waals surface area (Å²) < 4.78 is 2.25. The van der Waals surface area contributed by atoms with Crippen LogP contribution in [0.5, 0.6) is 0 Å². The van der Waals surface area contributed by atoms with Crippen LogP contribution in [-0.2, 0) is 13.0 Å². The molecule has 0 radical (unpaired) electrons. The highest BCUT2D eigenvalue weighted by molar-refractivity contribution is 5.79. The number of hydrogen-bond acceptors (Lipinski definition) is 3. The van der Waals surface area contributed by atoms with E-state index in [0.29, 0.717) is 0 Å². The maximum Gasteiger partial charge on any atom is 0.166 e. The van der Waals surface area contributed by atoms with Crippen LogP contribution in [-0.4, -0.2) is 19.7 Å². The van der Waals surface area contributed by atoms with Crippen LogP contribution < -0.4 is 0 Å². The van der Waals surface area contributed by atoms with E-state index >= 15 is 0 Å². The lowest BCUT2D eigenvalue weighted by Gasteiger charge is -2.13. The summed E-state index contributed by atoms with van der Waals surface area (Å²) in [6, 6.07) is 12.4. The van der Waals surface area contributed by atoms with Gasteiger partial charge >= 0.3 is 0 Å². The van der Waals surface area contributed by atoms with Crippen LogP contribution in [0.4, 0.5) is 0 Å². The van der Waals surface area contributed by atoms with Crippen molar-refractivity contribution in [3.63, 3.8) is 0 Å². The number of aryl methyl sites for hydroxylation is 2. The largest absolute Gasteiger partial charge is 0.311 e. The molecule has 0 N–H and O–H groups in total. The normalized spacial score (nSPS) is 11.0. The van der Waals surface area contributed by atoms with Crippen molar-refractivity contribution >= 4 is 0 Å². The van der Waals surface area contributed by atoms with Crippen molar-refractivity contribution in [2.24, 2.45) is 0 Å². The minimum absolute atomic E-state index is 0.923. The van der Waals surface area contributed by atoms with Crippen LogP contribution in [0.2, 0.25) is 0 Å². The number of hydrogen-bond donors (Lipinski definition) is 0. The van der Waals surface area contributed by atoms with E-state index in [0.717, 1.165) is 54.3 Å². The summed E-state index contributed by atoms with van der Waals surface area (Å²) in [4.78, 5) is 4.66. The predicted molar refractivity (Wildman–Crippen MR) is 97.7 cm³/mol. The van der Waals surface area contributed by atoms with Crippen LogP contribution in [0.25, 0.3) is 22.6 Å². The lowest BCUT2D eigenvalue weighted by atomic mass is 10.0. The van der Waals surface area contributed by atoms with Gasteiger partial charge in [0.25, 0.3) is 0 Å². The van der Waals surface area contributed by atoms with Crippen molar-refractivity contribution in [3.05, 3.63) is 54.0 Å². The molecule has 4 nitrogen and oxygen atoms in total. The van der Waals surface area contributed by atoms with E-state index in [1.807, 2.05) is 12.3 Å². The van der Waals surface area contributed by atoms with Crippen molar-refractivity contribution in [2.75, 3.05) is 0 Å². The molecule has 1 aromatic carbocycles. The summed E-state index contributed by atoms with van der Waals surface area (Å²) in [5.41, 5.74) is 4.39. The summed E-state index contributed by atoms with van der Waals surface area (Å²) in [5, 5.41) is 8.96. The van der Waals surface area contributed by atoms with Gasteiger partial charge in [-0.1, -0.05) is 38.1 Å². The summed E-state index contributed by atoms with van der Waals surface area (Å²) in [6.07, 6.45) is 4.92. The standard InChI is InChI=1S/C20H24N4/c1-4-9-18-22-23-20(24(18)14-5-2)17-12-8-13-21-19(17)16-11-7-6-10-15(16)3/h6-8,10-13H,4-5,9,14H2,1-3H3. The Bertz CT molecular complexity index is 820. The Morgan fingerprint density at radius 2 is 1.71 bits per heavy atom. The number of rotatable bonds is 6. The zero-order chi connectivity index (χ0) is 16.9. The molecule has 0 amide bonds. The predicted octanol–water partition coefficient (Wildman–Crippen LogP) is 4.68. The number of benzene rings is 1. The van der Waals surface area contributed by atoms with Crippen LogP contribution in [0.1, 0.15) is 38.1 Å². The van der Waals surface area contributed by atoms with E-state index in [1.54, 1.807) is 0 Å². The molecule has 0 atom stereocenters. The highest BCUT2D eigenvalue weighted by atomic mass is 15.3. The van der Waals surface area contributed by atoms with Gasteiger partial charge < -0.3 is 4.57 Å². The maximum absolute atomic E-state index is 4.66. The fraction of sp³-hybridized carbons (Fsp3) is 0.350. The van der Waals surface area contributed by atoms with Crippen molar-refractivity contribution < 1.29 is 0 Å². The second-order valence-electron chi connectivity index (χ2n) is 6.06. The van der Waals surface area contributed by atoms with Gasteiger partial charge in [0.2, 0.25) is 0 Å². The van der Waals surface area contributed by atoms with Crippen LogP contribution in [0.15, 0.2) is 42.6 Å². The highest BCUT2D eigenvalue weighted by Crippen LogP contribution is 2.31. The monoisotopic (exact) mass is 320 g/mol. The first kappa shape index (κ1) is 16.4. The molecule has 0 bridgehead atoms. The number of nitrogens with zero attached hydrogens (tertiary/aromatic N) is 4. The molecule has 0 unspecified atom stereocenters. The maximum atomic E-state index is 4.66. The van der Waals surface area contributed by atoms with Crippen molar-refractivity contribution in [3.8, 4) is 22.6 Å². The van der Waals surface area contributed by atoms with Gasteiger partial charge in [-0.15, -0.1) is 10.2 Å². The summed E-state index contributed by atoms with van der Waals surface area (Å²) >= 11 is 0. The fourth-order valence-electron chi connectivity index (χ4n) is 3.04. The third-order valence-electron chi connectivity index (χ3n) is 4.20. The second-order valence-corrected chi connectivity index (χ2v) is 6.06. The first-order valence-electron chi connectivity index (χ1n) is 8.69. The fourth-order valence-corrected chi connectivity index (χ4v) is 3.04. The lowest BCUT2D eigenvalue weighted by Crippen LogP contribution is -2.06. The van der Waals surface area contributed by atoms with E-state index in [1.165, 1.54) is 5.56 Å². The quantitative estimate of drug-likeness (QED) is 0.662.